The van der Waals surface area contributed by atoms with Crippen LogP contribution in [0.5, 0.6) is 0 Å². The number of aliphatic hydroxyl groups is 1. The Kier molecular flexibility index (Phi) is 11.1. The number of unbranched alkanes of at least 4 members (excludes halogenated alkanes) is 4. The zero-order chi connectivity index (χ0) is 15.4. The van der Waals surface area contributed by atoms with Crippen molar-refractivity contribution in [1.82, 2.24) is 0 Å². The lowest BCUT2D eigenvalue weighted by Gasteiger charge is -2.22. The summed E-state index contributed by atoms with van der Waals surface area (Å²) >= 11 is 0. The number of Topliss-reactive ketones (excluding diaryl/α,β-unsaturated/α-hetero) is 1. The summed E-state index contributed by atoms with van der Waals surface area (Å²) in [7, 11) is 0. The number of rotatable bonds is 13. The minimum atomic E-state index is -0.462. The maximum absolute atomic E-state index is 10.8. The Morgan fingerprint density at radius 1 is 1.05 bits per heavy atom. The lowest BCUT2D eigenvalue weighted by molar-refractivity contribution is -0.117. The van der Waals surface area contributed by atoms with Gasteiger partial charge in [0, 0.05) is 6.42 Å². The van der Waals surface area contributed by atoms with Gasteiger partial charge in [-0.3, -0.25) is 0 Å². The van der Waals surface area contributed by atoms with Crippen LogP contribution in [0.4, 0.5) is 0 Å². The molecule has 0 aromatic rings. The predicted octanol–water partition coefficient (Wildman–Crippen LogP) is 5.27. The van der Waals surface area contributed by atoms with Crippen LogP contribution in [-0.4, -0.2) is 16.5 Å². The summed E-state index contributed by atoms with van der Waals surface area (Å²) in [6, 6.07) is 0. The Morgan fingerprint density at radius 3 is 2.20 bits per heavy atom. The van der Waals surface area contributed by atoms with Gasteiger partial charge in [0.05, 0.1) is 5.60 Å². The molecule has 0 aromatic carbocycles. The zero-order valence-corrected chi connectivity index (χ0v) is 14.2. The largest absolute Gasteiger partial charge is 0.390 e. The van der Waals surface area contributed by atoms with E-state index in [1.807, 2.05) is 6.92 Å². The first-order chi connectivity index (χ1) is 9.37. The number of hydrogen-bond donors (Lipinski definition) is 1. The Bertz CT molecular complexity index is 246. The molecule has 0 bridgehead atoms. The van der Waals surface area contributed by atoms with Crippen LogP contribution >= 0.6 is 0 Å². The van der Waals surface area contributed by atoms with Crippen LogP contribution in [0.15, 0.2) is 0 Å². The van der Waals surface area contributed by atoms with Crippen LogP contribution in [0.1, 0.15) is 98.3 Å². The minimum Gasteiger partial charge on any atom is -0.390 e. The van der Waals surface area contributed by atoms with Gasteiger partial charge in [-0.2, -0.15) is 0 Å². The van der Waals surface area contributed by atoms with E-state index >= 15 is 0 Å². The second-order valence-electron chi connectivity index (χ2n) is 6.86. The van der Waals surface area contributed by atoms with Crippen molar-refractivity contribution in [2.24, 2.45) is 5.92 Å². The average Bonchev–Trinajstić information content (AvgIpc) is 2.37. The second-order valence-corrected chi connectivity index (χ2v) is 6.86. The summed E-state index contributed by atoms with van der Waals surface area (Å²) < 4.78 is 0. The average molecular weight is 284 g/mol. The van der Waals surface area contributed by atoms with Gasteiger partial charge in [-0.15, -0.1) is 0 Å². The summed E-state index contributed by atoms with van der Waals surface area (Å²) in [5.41, 5.74) is -0.462. The molecule has 0 aliphatic carbocycles. The smallest absolute Gasteiger partial charge is 0.129 e. The first-order valence-corrected chi connectivity index (χ1v) is 8.59. The number of carbonyl (C=O) groups excluding carboxylic acids is 1. The van der Waals surface area contributed by atoms with Crippen molar-refractivity contribution < 1.29 is 9.90 Å². The molecule has 2 atom stereocenters. The van der Waals surface area contributed by atoms with E-state index in [0.29, 0.717) is 5.78 Å². The lowest BCUT2D eigenvalue weighted by atomic mass is 9.91. The highest BCUT2D eigenvalue weighted by molar-refractivity contribution is 5.75. The molecule has 0 aliphatic rings. The zero-order valence-electron chi connectivity index (χ0n) is 14.2. The third-order valence-electron chi connectivity index (χ3n) is 4.40. The molecular formula is C18H36O2. The Labute approximate surface area is 126 Å². The van der Waals surface area contributed by atoms with Crippen molar-refractivity contribution in [2.75, 3.05) is 0 Å². The monoisotopic (exact) mass is 284 g/mol. The number of hydrogen-bond acceptors (Lipinski definition) is 2. The van der Waals surface area contributed by atoms with Crippen molar-refractivity contribution in [2.45, 2.75) is 104 Å². The summed E-state index contributed by atoms with van der Waals surface area (Å²) in [6.45, 7) is 8.00. The van der Waals surface area contributed by atoms with E-state index in [-0.39, 0.29) is 0 Å². The van der Waals surface area contributed by atoms with Crippen molar-refractivity contribution in [3.05, 3.63) is 0 Å². The molecule has 0 spiro atoms. The number of carbonyl (C=O) groups is 1. The highest BCUT2D eigenvalue weighted by atomic mass is 16.3. The molecule has 0 radical (unpaired) electrons. The molecule has 120 valence electrons. The molecule has 2 nitrogen and oxygen atoms in total. The third-order valence-corrected chi connectivity index (χ3v) is 4.40. The molecule has 0 saturated carbocycles. The normalized spacial score (nSPS) is 15.8. The molecule has 2 heteroatoms. The maximum Gasteiger partial charge on any atom is 0.129 e. The van der Waals surface area contributed by atoms with Gasteiger partial charge in [0.2, 0.25) is 0 Å². The van der Waals surface area contributed by atoms with Crippen molar-refractivity contribution >= 4 is 5.78 Å². The van der Waals surface area contributed by atoms with Crippen molar-refractivity contribution in [1.29, 1.82) is 0 Å². The van der Waals surface area contributed by atoms with Gasteiger partial charge in [0.15, 0.2) is 0 Å². The Morgan fingerprint density at radius 2 is 1.60 bits per heavy atom. The fourth-order valence-electron chi connectivity index (χ4n) is 2.55. The first kappa shape index (κ1) is 19.6. The van der Waals surface area contributed by atoms with Crippen molar-refractivity contribution in [3.63, 3.8) is 0 Å². The standard InChI is InChI=1S/C18H36O2/c1-5-18(4,20)15-11-13-16(2)12-9-7-6-8-10-14-17(3)19/h16,20H,5-15H2,1-4H3. The van der Waals surface area contributed by atoms with Gasteiger partial charge in [0.25, 0.3) is 0 Å². The fourth-order valence-corrected chi connectivity index (χ4v) is 2.55. The number of ketones is 1. The Hall–Kier alpha value is -0.370. The van der Waals surface area contributed by atoms with Crippen LogP contribution < -0.4 is 0 Å². The van der Waals surface area contributed by atoms with E-state index in [9.17, 15) is 9.90 Å². The molecule has 0 rings (SSSR count). The van der Waals surface area contributed by atoms with E-state index in [2.05, 4.69) is 13.8 Å². The van der Waals surface area contributed by atoms with Crippen LogP contribution in [-0.2, 0) is 4.79 Å². The van der Waals surface area contributed by atoms with E-state index in [4.69, 9.17) is 0 Å². The maximum atomic E-state index is 10.8. The molecule has 0 fully saturated rings. The summed E-state index contributed by atoms with van der Waals surface area (Å²) in [4.78, 5) is 10.8. The van der Waals surface area contributed by atoms with E-state index < -0.39 is 5.60 Å². The van der Waals surface area contributed by atoms with Gasteiger partial charge in [-0.05, 0) is 39.0 Å². The third kappa shape index (κ3) is 12.7. The van der Waals surface area contributed by atoms with E-state index in [1.165, 1.54) is 38.5 Å². The SMILES string of the molecule is CCC(C)(O)CCCC(C)CCCCCCCC(C)=O. The molecular weight excluding hydrogens is 248 g/mol. The summed E-state index contributed by atoms with van der Waals surface area (Å²) in [5, 5.41) is 9.95. The van der Waals surface area contributed by atoms with Gasteiger partial charge in [-0.25, -0.2) is 0 Å². The van der Waals surface area contributed by atoms with Crippen LogP contribution in [0.3, 0.4) is 0 Å². The lowest BCUT2D eigenvalue weighted by Crippen LogP contribution is -2.22. The highest BCUT2D eigenvalue weighted by Gasteiger charge is 2.16. The second kappa shape index (κ2) is 11.3. The first-order valence-electron chi connectivity index (χ1n) is 8.59. The van der Waals surface area contributed by atoms with Crippen molar-refractivity contribution in [3.8, 4) is 0 Å². The van der Waals surface area contributed by atoms with Gasteiger partial charge >= 0.3 is 0 Å². The molecule has 0 aromatic heterocycles. The molecule has 0 saturated heterocycles. The minimum absolute atomic E-state index is 0.321. The van der Waals surface area contributed by atoms with Gasteiger partial charge in [0.1, 0.15) is 5.78 Å². The highest BCUT2D eigenvalue weighted by Crippen LogP contribution is 2.22. The molecule has 0 amide bonds. The summed E-state index contributed by atoms with van der Waals surface area (Å²) in [5.74, 6) is 1.10. The molecule has 2 unspecified atom stereocenters. The summed E-state index contributed by atoms with van der Waals surface area (Å²) in [6.07, 6.45) is 12.4. The molecule has 0 heterocycles. The van der Waals surface area contributed by atoms with E-state index in [0.717, 1.165) is 38.0 Å². The van der Waals surface area contributed by atoms with Crippen LogP contribution in [0.25, 0.3) is 0 Å². The quantitative estimate of drug-likeness (QED) is 0.468. The van der Waals surface area contributed by atoms with Gasteiger partial charge < -0.3 is 9.90 Å². The molecule has 1 N–H and O–H groups in total. The predicted molar refractivity (Wildman–Crippen MR) is 86.9 cm³/mol. The van der Waals surface area contributed by atoms with E-state index in [1.54, 1.807) is 6.92 Å². The van der Waals surface area contributed by atoms with Crippen LogP contribution in [0.2, 0.25) is 0 Å². The Balaban J connectivity index is 3.37. The molecule has 0 aliphatic heterocycles. The topological polar surface area (TPSA) is 37.3 Å². The fraction of sp³-hybridized carbons (Fsp3) is 0.944. The molecule has 20 heavy (non-hydrogen) atoms. The van der Waals surface area contributed by atoms with Gasteiger partial charge in [-0.1, -0.05) is 58.8 Å². The van der Waals surface area contributed by atoms with Crippen LogP contribution in [0, 0.1) is 5.92 Å².